The topological polar surface area (TPSA) is 132 Å². The SMILES string of the molecule is Cn1c(O)c(N=Nc2cc(Cl)c([N+](=O)[O-])cc2Cl)c(=O)n(C)c1=O. The Kier molecular flexibility index (Phi) is 4.71. The van der Waals surface area contributed by atoms with Crippen molar-refractivity contribution in [3.05, 3.63) is 53.1 Å². The summed E-state index contributed by atoms with van der Waals surface area (Å²) >= 11 is 11.6. The number of nitro benzene ring substituents is 1. The zero-order chi connectivity index (χ0) is 18.2. The van der Waals surface area contributed by atoms with Crippen molar-refractivity contribution in [2.75, 3.05) is 0 Å². The summed E-state index contributed by atoms with van der Waals surface area (Å²) in [5.41, 5.74) is -2.58. The molecule has 2 rings (SSSR count). The van der Waals surface area contributed by atoms with Crippen LogP contribution in [0.5, 0.6) is 5.88 Å². The molecule has 0 saturated carbocycles. The normalized spacial score (nSPS) is 11.2. The number of aromatic nitrogens is 2. The number of hydrogen-bond donors (Lipinski definition) is 1. The Labute approximate surface area is 143 Å². The Balaban J connectivity index is 2.58. The van der Waals surface area contributed by atoms with Gasteiger partial charge in [-0.3, -0.25) is 24.0 Å². The molecule has 1 aromatic heterocycles. The molecule has 0 radical (unpaired) electrons. The quantitative estimate of drug-likeness (QED) is 0.501. The van der Waals surface area contributed by atoms with E-state index in [0.717, 1.165) is 21.3 Å². The molecule has 2 aromatic rings. The van der Waals surface area contributed by atoms with Crippen molar-refractivity contribution in [1.82, 2.24) is 9.13 Å². The van der Waals surface area contributed by atoms with E-state index >= 15 is 0 Å². The Morgan fingerprint density at radius 1 is 1.12 bits per heavy atom. The van der Waals surface area contributed by atoms with Gasteiger partial charge < -0.3 is 5.11 Å². The van der Waals surface area contributed by atoms with E-state index in [2.05, 4.69) is 10.2 Å². The Morgan fingerprint density at radius 2 is 1.75 bits per heavy atom. The van der Waals surface area contributed by atoms with Gasteiger partial charge in [0.05, 0.1) is 9.95 Å². The lowest BCUT2D eigenvalue weighted by atomic mass is 10.3. The lowest BCUT2D eigenvalue weighted by molar-refractivity contribution is -0.384. The fourth-order valence-corrected chi connectivity index (χ4v) is 2.17. The van der Waals surface area contributed by atoms with Gasteiger partial charge >= 0.3 is 5.69 Å². The molecule has 1 N–H and O–H groups in total. The van der Waals surface area contributed by atoms with Crippen LogP contribution in [0, 0.1) is 10.1 Å². The van der Waals surface area contributed by atoms with Crippen LogP contribution in [0.15, 0.2) is 32.0 Å². The van der Waals surface area contributed by atoms with Crippen LogP contribution in [0.3, 0.4) is 0 Å². The molecule has 126 valence electrons. The van der Waals surface area contributed by atoms with Gasteiger partial charge in [0.15, 0.2) is 0 Å². The van der Waals surface area contributed by atoms with Crippen LogP contribution < -0.4 is 11.2 Å². The van der Waals surface area contributed by atoms with Crippen LogP contribution >= 0.6 is 23.2 Å². The summed E-state index contributed by atoms with van der Waals surface area (Å²) in [5, 5.41) is 27.5. The van der Waals surface area contributed by atoms with Gasteiger partial charge in [0.25, 0.3) is 11.2 Å². The number of aromatic hydroxyl groups is 1. The van der Waals surface area contributed by atoms with Gasteiger partial charge in [-0.15, -0.1) is 10.2 Å². The summed E-state index contributed by atoms with van der Waals surface area (Å²) in [5.74, 6) is -0.684. The average Bonchev–Trinajstić information content (AvgIpc) is 2.53. The van der Waals surface area contributed by atoms with Crippen molar-refractivity contribution in [2.24, 2.45) is 24.3 Å². The molecule has 1 aromatic carbocycles. The van der Waals surface area contributed by atoms with Gasteiger partial charge in [-0.05, 0) is 6.07 Å². The smallest absolute Gasteiger partial charge is 0.333 e. The largest absolute Gasteiger partial charge is 0.493 e. The number of halogens is 2. The van der Waals surface area contributed by atoms with Gasteiger partial charge in [0.1, 0.15) is 10.7 Å². The third-order valence-corrected chi connectivity index (χ3v) is 3.69. The molecular weight excluding hydrogens is 365 g/mol. The van der Waals surface area contributed by atoms with E-state index in [9.17, 15) is 24.8 Å². The minimum absolute atomic E-state index is 0.0532. The predicted octanol–water partition coefficient (Wildman–Crippen LogP) is 2.42. The molecule has 0 aliphatic heterocycles. The predicted molar refractivity (Wildman–Crippen MR) is 85.9 cm³/mol. The van der Waals surface area contributed by atoms with Gasteiger partial charge in [-0.1, -0.05) is 23.2 Å². The van der Waals surface area contributed by atoms with Gasteiger partial charge in [0, 0.05) is 20.2 Å². The third kappa shape index (κ3) is 3.01. The van der Waals surface area contributed by atoms with E-state index in [1.54, 1.807) is 0 Å². The Bertz CT molecular complexity index is 995. The second-order valence-electron chi connectivity index (χ2n) is 4.59. The van der Waals surface area contributed by atoms with Crippen LogP contribution in [0.1, 0.15) is 0 Å². The van der Waals surface area contributed by atoms with E-state index in [4.69, 9.17) is 23.2 Å². The molecule has 0 unspecified atom stereocenters. The summed E-state index contributed by atoms with van der Waals surface area (Å²) in [6.07, 6.45) is 0. The third-order valence-electron chi connectivity index (χ3n) is 3.08. The first kappa shape index (κ1) is 17.6. The maximum absolute atomic E-state index is 12.0. The molecule has 12 heteroatoms. The summed E-state index contributed by atoms with van der Waals surface area (Å²) in [6.45, 7) is 0. The molecule has 0 aliphatic rings. The lowest BCUT2D eigenvalue weighted by Gasteiger charge is -2.06. The minimum atomic E-state index is -0.872. The summed E-state index contributed by atoms with van der Waals surface area (Å²) in [7, 11) is 2.45. The highest BCUT2D eigenvalue weighted by Gasteiger charge is 2.17. The standard InChI is InChI=1S/C12H9Cl2N5O5/c1-17-10(20)9(11(21)18(2)12(17)22)16-15-7-3-6(14)8(19(23)24)4-5(7)13/h3-4,20H,1-2H3. The fraction of sp³-hybridized carbons (Fsp3) is 0.167. The number of hydrogen-bond acceptors (Lipinski definition) is 7. The first-order chi connectivity index (χ1) is 11.1. The van der Waals surface area contributed by atoms with E-state index in [1.165, 1.54) is 14.1 Å². The van der Waals surface area contributed by atoms with Crippen molar-refractivity contribution in [3.63, 3.8) is 0 Å². The van der Waals surface area contributed by atoms with E-state index < -0.39 is 33.4 Å². The van der Waals surface area contributed by atoms with E-state index in [-0.39, 0.29) is 15.7 Å². The molecule has 0 bridgehead atoms. The van der Waals surface area contributed by atoms with Crippen LogP contribution in [-0.2, 0) is 14.1 Å². The van der Waals surface area contributed by atoms with E-state index in [0.29, 0.717) is 0 Å². The molecule has 10 nitrogen and oxygen atoms in total. The van der Waals surface area contributed by atoms with Crippen LogP contribution in [0.2, 0.25) is 10.0 Å². The molecular formula is C12H9Cl2N5O5. The molecule has 0 spiro atoms. The Morgan fingerprint density at radius 3 is 2.33 bits per heavy atom. The zero-order valence-electron chi connectivity index (χ0n) is 12.2. The highest BCUT2D eigenvalue weighted by Crippen LogP contribution is 2.36. The first-order valence-electron chi connectivity index (χ1n) is 6.19. The van der Waals surface area contributed by atoms with Crippen molar-refractivity contribution >= 4 is 40.3 Å². The van der Waals surface area contributed by atoms with Gasteiger partial charge in [-0.2, -0.15) is 0 Å². The molecule has 0 saturated heterocycles. The van der Waals surface area contributed by atoms with Gasteiger partial charge in [0.2, 0.25) is 11.6 Å². The maximum Gasteiger partial charge on any atom is 0.333 e. The Hall–Kier alpha value is -2.72. The van der Waals surface area contributed by atoms with Crippen LogP contribution in [-0.4, -0.2) is 19.2 Å². The van der Waals surface area contributed by atoms with Crippen LogP contribution in [0.25, 0.3) is 0 Å². The van der Waals surface area contributed by atoms with Crippen molar-refractivity contribution < 1.29 is 10.0 Å². The van der Waals surface area contributed by atoms with Crippen LogP contribution in [0.4, 0.5) is 17.1 Å². The lowest BCUT2D eigenvalue weighted by Crippen LogP contribution is -2.36. The molecule has 0 fully saturated rings. The maximum atomic E-state index is 12.0. The number of benzene rings is 1. The summed E-state index contributed by atoms with van der Waals surface area (Å²) in [6, 6.07) is 2.08. The second-order valence-corrected chi connectivity index (χ2v) is 5.40. The summed E-state index contributed by atoms with van der Waals surface area (Å²) in [4.78, 5) is 33.6. The minimum Gasteiger partial charge on any atom is -0.493 e. The van der Waals surface area contributed by atoms with Crippen molar-refractivity contribution in [1.29, 1.82) is 0 Å². The van der Waals surface area contributed by atoms with Gasteiger partial charge in [-0.25, -0.2) is 4.79 Å². The molecule has 0 aliphatic carbocycles. The molecule has 1 heterocycles. The van der Waals surface area contributed by atoms with E-state index in [1.807, 2.05) is 0 Å². The summed E-state index contributed by atoms with van der Waals surface area (Å²) < 4.78 is 1.54. The van der Waals surface area contributed by atoms with Crippen molar-refractivity contribution in [2.45, 2.75) is 0 Å². The first-order valence-corrected chi connectivity index (χ1v) is 6.95. The number of rotatable bonds is 3. The monoisotopic (exact) mass is 373 g/mol. The van der Waals surface area contributed by atoms with Crippen molar-refractivity contribution in [3.8, 4) is 5.88 Å². The highest BCUT2D eigenvalue weighted by molar-refractivity contribution is 6.36. The zero-order valence-corrected chi connectivity index (χ0v) is 13.7. The average molecular weight is 374 g/mol. The molecule has 0 atom stereocenters. The fourth-order valence-electron chi connectivity index (χ4n) is 1.75. The number of nitro groups is 1. The number of nitrogens with zero attached hydrogens (tertiary/aromatic N) is 5. The highest BCUT2D eigenvalue weighted by atomic mass is 35.5. The molecule has 24 heavy (non-hydrogen) atoms. The number of azo groups is 1. The molecule has 0 amide bonds. The second kappa shape index (κ2) is 6.42.